The quantitative estimate of drug-likeness (QED) is 0.623. The van der Waals surface area contributed by atoms with Crippen molar-refractivity contribution in [2.45, 2.75) is 104 Å². The van der Waals surface area contributed by atoms with Crippen LogP contribution in [0.1, 0.15) is 98.3 Å². The topological polar surface area (TPSA) is 20.2 Å². The van der Waals surface area contributed by atoms with Gasteiger partial charge in [0, 0.05) is 0 Å². The molecule has 144 valence electrons. The van der Waals surface area contributed by atoms with Crippen molar-refractivity contribution in [3.63, 3.8) is 0 Å². The fraction of sp³-hybridized carbons (Fsp3) is 1.00. The Labute approximate surface area is 156 Å². The molecule has 0 aromatic carbocycles. The van der Waals surface area contributed by atoms with Crippen molar-refractivity contribution in [3.05, 3.63) is 0 Å². The molecule has 25 heavy (non-hydrogen) atoms. The first-order valence-electron chi connectivity index (χ1n) is 11.6. The van der Waals surface area contributed by atoms with E-state index in [2.05, 4.69) is 27.7 Å². The Morgan fingerprint density at radius 2 is 1.72 bits per heavy atom. The Bertz CT molecular complexity index is 486. The second-order valence-corrected chi connectivity index (χ2v) is 11.0. The summed E-state index contributed by atoms with van der Waals surface area (Å²) in [5.74, 6) is 4.79. The van der Waals surface area contributed by atoms with Crippen molar-refractivity contribution >= 4 is 0 Å². The van der Waals surface area contributed by atoms with Crippen molar-refractivity contribution in [3.8, 4) is 0 Å². The van der Waals surface area contributed by atoms with Gasteiger partial charge in [0.15, 0.2) is 0 Å². The van der Waals surface area contributed by atoms with E-state index in [1.165, 1.54) is 64.2 Å². The molecule has 4 fully saturated rings. The van der Waals surface area contributed by atoms with Gasteiger partial charge >= 0.3 is 0 Å². The molecular formula is C24H42O. The Kier molecular flexibility index (Phi) is 4.79. The van der Waals surface area contributed by atoms with Gasteiger partial charge in [-0.1, -0.05) is 53.4 Å². The summed E-state index contributed by atoms with van der Waals surface area (Å²) in [6, 6.07) is 0. The average molecular weight is 347 g/mol. The van der Waals surface area contributed by atoms with Crippen LogP contribution in [0.5, 0.6) is 0 Å². The highest BCUT2D eigenvalue weighted by atomic mass is 16.3. The summed E-state index contributed by atoms with van der Waals surface area (Å²) in [6.45, 7) is 10.1. The van der Waals surface area contributed by atoms with E-state index >= 15 is 0 Å². The summed E-state index contributed by atoms with van der Waals surface area (Å²) < 4.78 is 0. The maximum atomic E-state index is 11.2. The van der Waals surface area contributed by atoms with Crippen LogP contribution in [0.3, 0.4) is 0 Å². The molecule has 0 amide bonds. The van der Waals surface area contributed by atoms with Crippen LogP contribution in [0.15, 0.2) is 0 Å². The molecule has 0 bridgehead atoms. The van der Waals surface area contributed by atoms with Gasteiger partial charge in [-0.15, -0.1) is 0 Å². The average Bonchev–Trinajstić information content (AvgIpc) is 2.93. The molecule has 4 saturated carbocycles. The lowest BCUT2D eigenvalue weighted by Gasteiger charge is -2.62. The molecule has 0 aliphatic heterocycles. The second kappa shape index (κ2) is 6.54. The van der Waals surface area contributed by atoms with Gasteiger partial charge in [0.25, 0.3) is 0 Å². The van der Waals surface area contributed by atoms with E-state index in [0.717, 1.165) is 36.0 Å². The summed E-state index contributed by atoms with van der Waals surface area (Å²) in [6.07, 6.45) is 15.1. The first-order chi connectivity index (χ1) is 11.9. The molecule has 0 radical (unpaired) electrons. The fourth-order valence-corrected chi connectivity index (χ4v) is 8.89. The first kappa shape index (κ1) is 18.3. The molecule has 0 saturated heterocycles. The minimum Gasteiger partial charge on any atom is -0.393 e. The predicted octanol–water partition coefficient (Wildman–Crippen LogP) is 6.44. The van der Waals surface area contributed by atoms with Crippen molar-refractivity contribution in [2.24, 2.45) is 46.3 Å². The largest absolute Gasteiger partial charge is 0.393 e. The van der Waals surface area contributed by atoms with Crippen LogP contribution in [-0.4, -0.2) is 11.2 Å². The Hall–Kier alpha value is -0.0400. The minimum absolute atomic E-state index is 0.00830. The maximum Gasteiger partial charge on any atom is 0.0577 e. The monoisotopic (exact) mass is 346 g/mol. The molecule has 1 nitrogen and oxygen atoms in total. The van der Waals surface area contributed by atoms with Crippen LogP contribution in [0.25, 0.3) is 0 Å². The molecule has 4 rings (SSSR count). The highest BCUT2D eigenvalue weighted by molar-refractivity contribution is 5.11. The van der Waals surface area contributed by atoms with Crippen LogP contribution >= 0.6 is 0 Å². The Morgan fingerprint density at radius 3 is 2.48 bits per heavy atom. The number of fused-ring (bicyclic) bond motifs is 5. The SMILES string of the molecule is CCC[C@@H](C)[C@H]1CC[C@H]2[C@@H]3C(O)CC4CCCC[C@]4(C)[C@H]3CC[C@]12C. The molecule has 0 spiro atoms. The number of hydrogen-bond donors (Lipinski definition) is 1. The fourth-order valence-electron chi connectivity index (χ4n) is 8.89. The molecule has 1 heteroatoms. The van der Waals surface area contributed by atoms with E-state index in [1.807, 2.05) is 0 Å². The number of rotatable bonds is 3. The normalized spacial score (nSPS) is 53.6. The molecule has 0 heterocycles. The summed E-state index contributed by atoms with van der Waals surface area (Å²) in [4.78, 5) is 0. The third-order valence-electron chi connectivity index (χ3n) is 10.1. The van der Waals surface area contributed by atoms with Gasteiger partial charge < -0.3 is 5.11 Å². The van der Waals surface area contributed by atoms with Crippen molar-refractivity contribution in [2.75, 3.05) is 0 Å². The number of hydrogen-bond acceptors (Lipinski definition) is 1. The van der Waals surface area contributed by atoms with E-state index in [0.29, 0.717) is 16.7 Å². The van der Waals surface area contributed by atoms with Gasteiger partial charge in [-0.25, -0.2) is 0 Å². The second-order valence-electron chi connectivity index (χ2n) is 11.0. The molecule has 2 unspecified atom stereocenters. The maximum absolute atomic E-state index is 11.2. The zero-order valence-electron chi connectivity index (χ0n) is 17.3. The highest BCUT2D eigenvalue weighted by Gasteiger charge is 2.62. The van der Waals surface area contributed by atoms with Crippen LogP contribution < -0.4 is 0 Å². The number of aliphatic hydroxyl groups excluding tert-OH is 1. The van der Waals surface area contributed by atoms with Gasteiger partial charge in [0.2, 0.25) is 0 Å². The lowest BCUT2D eigenvalue weighted by atomic mass is 9.44. The van der Waals surface area contributed by atoms with Crippen molar-refractivity contribution < 1.29 is 5.11 Å². The van der Waals surface area contributed by atoms with Crippen molar-refractivity contribution in [1.29, 1.82) is 0 Å². The molecule has 4 aliphatic rings. The molecule has 0 aromatic heterocycles. The van der Waals surface area contributed by atoms with Gasteiger partial charge in [-0.2, -0.15) is 0 Å². The minimum atomic E-state index is -0.00830. The van der Waals surface area contributed by atoms with Crippen LogP contribution in [0.4, 0.5) is 0 Å². The molecule has 4 aliphatic carbocycles. The standard InChI is InChI=1S/C24H42O/c1-5-8-16(2)18-10-11-19-22-20(12-14-24(18,19)4)23(3)13-7-6-9-17(23)15-21(22)25/h16-22,25H,5-15H2,1-4H3/t16-,17?,18-,19+,20+,21?,22+,23+,24-/m1/s1. The lowest BCUT2D eigenvalue weighted by Crippen LogP contribution is -2.57. The lowest BCUT2D eigenvalue weighted by molar-refractivity contribution is -0.164. The Morgan fingerprint density at radius 1 is 0.960 bits per heavy atom. The number of aliphatic hydroxyl groups is 1. The van der Waals surface area contributed by atoms with Crippen LogP contribution in [-0.2, 0) is 0 Å². The zero-order valence-corrected chi connectivity index (χ0v) is 17.3. The van der Waals surface area contributed by atoms with E-state index in [9.17, 15) is 5.11 Å². The van der Waals surface area contributed by atoms with Crippen molar-refractivity contribution in [1.82, 2.24) is 0 Å². The van der Waals surface area contributed by atoms with E-state index in [-0.39, 0.29) is 6.10 Å². The van der Waals surface area contributed by atoms with E-state index in [1.54, 1.807) is 0 Å². The summed E-state index contributed by atoms with van der Waals surface area (Å²) >= 11 is 0. The molecule has 1 N–H and O–H groups in total. The molecular weight excluding hydrogens is 304 g/mol. The van der Waals surface area contributed by atoms with Gasteiger partial charge in [0.05, 0.1) is 6.10 Å². The molecule has 0 aromatic rings. The highest BCUT2D eigenvalue weighted by Crippen LogP contribution is 2.68. The van der Waals surface area contributed by atoms with E-state index in [4.69, 9.17) is 0 Å². The van der Waals surface area contributed by atoms with Crippen LogP contribution in [0, 0.1) is 46.3 Å². The predicted molar refractivity (Wildman–Crippen MR) is 105 cm³/mol. The molecule has 9 atom stereocenters. The first-order valence-corrected chi connectivity index (χ1v) is 11.6. The van der Waals surface area contributed by atoms with Gasteiger partial charge in [0.1, 0.15) is 0 Å². The van der Waals surface area contributed by atoms with Gasteiger partial charge in [-0.05, 0) is 91.3 Å². The summed E-state index contributed by atoms with van der Waals surface area (Å²) in [5.41, 5.74) is 1.05. The van der Waals surface area contributed by atoms with Gasteiger partial charge in [-0.3, -0.25) is 0 Å². The third-order valence-corrected chi connectivity index (χ3v) is 10.1. The smallest absolute Gasteiger partial charge is 0.0577 e. The summed E-state index contributed by atoms with van der Waals surface area (Å²) in [7, 11) is 0. The zero-order chi connectivity index (χ0) is 17.8. The van der Waals surface area contributed by atoms with E-state index < -0.39 is 0 Å². The van der Waals surface area contributed by atoms with Crippen LogP contribution in [0.2, 0.25) is 0 Å². The Balaban J connectivity index is 1.61. The summed E-state index contributed by atoms with van der Waals surface area (Å²) in [5, 5.41) is 11.2. The third kappa shape index (κ3) is 2.66.